The Hall–Kier alpha value is -0.670. The molecule has 0 aromatic heterocycles. The number of rotatable bonds is 8. The second-order valence-electron chi connectivity index (χ2n) is 3.43. The van der Waals surface area contributed by atoms with Crippen LogP contribution in [-0.4, -0.2) is 25.3 Å². The van der Waals surface area contributed by atoms with E-state index >= 15 is 0 Å². The Morgan fingerprint density at radius 2 is 1.73 bits per heavy atom. The third-order valence-corrected chi connectivity index (χ3v) is 1.97. The number of hydrogen-bond donors (Lipinski definition) is 0. The van der Waals surface area contributed by atoms with Crippen molar-refractivity contribution in [1.29, 1.82) is 0 Å². The first-order chi connectivity index (χ1) is 7.11. The molecule has 0 amide bonds. The zero-order valence-electron chi connectivity index (χ0n) is 10.2. The molecule has 3 nitrogen and oxygen atoms in total. The molecule has 15 heavy (non-hydrogen) atoms. The molecule has 0 bridgehead atoms. The minimum atomic E-state index is -0.257. The number of hydrogen-bond acceptors (Lipinski definition) is 3. The van der Waals surface area contributed by atoms with Crippen molar-refractivity contribution in [3.8, 4) is 0 Å². The summed E-state index contributed by atoms with van der Waals surface area (Å²) in [6, 6.07) is 0. The van der Waals surface area contributed by atoms with Crippen molar-refractivity contribution in [2.24, 2.45) is 0 Å². The first kappa shape index (κ1) is 14.3. The van der Waals surface area contributed by atoms with Gasteiger partial charge in [0.15, 0.2) is 6.29 Å². The van der Waals surface area contributed by atoms with Gasteiger partial charge in [-0.15, -0.1) is 0 Å². The molecule has 0 aromatic rings. The van der Waals surface area contributed by atoms with Gasteiger partial charge in [0.25, 0.3) is 0 Å². The van der Waals surface area contributed by atoms with Gasteiger partial charge >= 0.3 is 0 Å². The van der Waals surface area contributed by atoms with Crippen molar-refractivity contribution in [3.05, 3.63) is 11.6 Å². The van der Waals surface area contributed by atoms with Gasteiger partial charge in [-0.25, -0.2) is 0 Å². The molecule has 0 N–H and O–H groups in total. The Morgan fingerprint density at radius 3 is 2.13 bits per heavy atom. The number of carbonyl (C=O) groups is 1. The summed E-state index contributed by atoms with van der Waals surface area (Å²) in [5, 5.41) is 0. The van der Waals surface area contributed by atoms with Crippen molar-refractivity contribution >= 4 is 5.78 Å². The van der Waals surface area contributed by atoms with E-state index in [1.807, 2.05) is 26.8 Å². The first-order valence-electron chi connectivity index (χ1n) is 5.51. The Morgan fingerprint density at radius 1 is 1.20 bits per heavy atom. The van der Waals surface area contributed by atoms with Gasteiger partial charge in [-0.05, 0) is 39.7 Å². The molecule has 0 spiro atoms. The average Bonchev–Trinajstić information content (AvgIpc) is 2.16. The van der Waals surface area contributed by atoms with Gasteiger partial charge in [0.1, 0.15) is 5.78 Å². The topological polar surface area (TPSA) is 35.5 Å². The van der Waals surface area contributed by atoms with Gasteiger partial charge in [-0.1, -0.05) is 6.08 Å². The fourth-order valence-corrected chi connectivity index (χ4v) is 1.21. The molecular weight excluding hydrogens is 192 g/mol. The fraction of sp³-hybridized carbons (Fsp3) is 0.750. The Labute approximate surface area is 92.5 Å². The van der Waals surface area contributed by atoms with Gasteiger partial charge < -0.3 is 14.3 Å². The number of Topliss-reactive ketones (excluding diaryl/α,β-unsaturated/α-hetero) is 1. The van der Waals surface area contributed by atoms with Crippen LogP contribution in [0, 0.1) is 0 Å². The zero-order valence-corrected chi connectivity index (χ0v) is 10.2. The summed E-state index contributed by atoms with van der Waals surface area (Å²) in [5.41, 5.74) is 1.04. The quantitative estimate of drug-likeness (QED) is 0.460. The van der Waals surface area contributed by atoms with Crippen molar-refractivity contribution in [2.45, 2.75) is 46.8 Å². The monoisotopic (exact) mass is 214 g/mol. The third-order valence-electron chi connectivity index (χ3n) is 1.97. The standard InChI is InChI=1S/C12H22O3/c1-5-14-12(15-6-2)10(3)8-7-9-11(4)13/h8,12H,5-7,9H2,1-4H3. The van der Waals surface area contributed by atoms with Crippen LogP contribution in [0.15, 0.2) is 11.6 Å². The summed E-state index contributed by atoms with van der Waals surface area (Å²) < 4.78 is 10.9. The number of ketones is 1. The summed E-state index contributed by atoms with van der Waals surface area (Å²) in [7, 11) is 0. The lowest BCUT2D eigenvalue weighted by Gasteiger charge is -2.17. The van der Waals surface area contributed by atoms with E-state index in [9.17, 15) is 4.79 Å². The Kier molecular flexibility index (Phi) is 8.24. The van der Waals surface area contributed by atoms with Crippen molar-refractivity contribution in [2.75, 3.05) is 13.2 Å². The molecule has 0 unspecified atom stereocenters. The van der Waals surface area contributed by atoms with E-state index in [2.05, 4.69) is 0 Å². The highest BCUT2D eigenvalue weighted by Crippen LogP contribution is 2.10. The van der Waals surface area contributed by atoms with Gasteiger partial charge in [0, 0.05) is 19.6 Å². The molecule has 0 rings (SSSR count). The van der Waals surface area contributed by atoms with Crippen molar-refractivity contribution in [3.63, 3.8) is 0 Å². The predicted octanol–water partition coefficient (Wildman–Crippen LogP) is 2.70. The van der Waals surface area contributed by atoms with Crippen LogP contribution in [0.4, 0.5) is 0 Å². The molecule has 0 heterocycles. The highest BCUT2D eigenvalue weighted by Gasteiger charge is 2.09. The van der Waals surface area contributed by atoms with Crippen molar-refractivity contribution in [1.82, 2.24) is 0 Å². The number of ether oxygens (including phenoxy) is 2. The zero-order chi connectivity index (χ0) is 11.7. The maximum atomic E-state index is 10.8. The molecule has 0 saturated heterocycles. The van der Waals surface area contributed by atoms with Gasteiger partial charge in [0.05, 0.1) is 0 Å². The molecule has 0 aliphatic heterocycles. The highest BCUT2D eigenvalue weighted by atomic mass is 16.7. The smallest absolute Gasteiger partial charge is 0.179 e. The van der Waals surface area contributed by atoms with E-state index in [4.69, 9.17) is 9.47 Å². The second-order valence-corrected chi connectivity index (χ2v) is 3.43. The molecule has 88 valence electrons. The molecular formula is C12H22O3. The molecule has 0 atom stereocenters. The lowest BCUT2D eigenvalue weighted by molar-refractivity contribution is -0.117. The minimum Gasteiger partial charge on any atom is -0.349 e. The molecule has 0 aliphatic rings. The molecule has 0 aliphatic carbocycles. The van der Waals surface area contributed by atoms with Crippen LogP contribution >= 0.6 is 0 Å². The van der Waals surface area contributed by atoms with Crippen LogP contribution in [0.3, 0.4) is 0 Å². The summed E-state index contributed by atoms with van der Waals surface area (Å²) >= 11 is 0. The van der Waals surface area contributed by atoms with Gasteiger partial charge in [-0.2, -0.15) is 0 Å². The Balaban J connectivity index is 4.08. The maximum Gasteiger partial charge on any atom is 0.179 e. The maximum absolute atomic E-state index is 10.8. The molecule has 0 aromatic carbocycles. The molecule has 0 radical (unpaired) electrons. The van der Waals surface area contributed by atoms with Crippen LogP contribution in [0.25, 0.3) is 0 Å². The van der Waals surface area contributed by atoms with E-state index in [1.54, 1.807) is 6.92 Å². The largest absolute Gasteiger partial charge is 0.349 e. The average molecular weight is 214 g/mol. The van der Waals surface area contributed by atoms with Crippen LogP contribution in [0.1, 0.15) is 40.5 Å². The lowest BCUT2D eigenvalue weighted by atomic mass is 10.1. The number of allylic oxidation sites excluding steroid dienone is 1. The van der Waals surface area contributed by atoms with Crippen LogP contribution in [0.5, 0.6) is 0 Å². The van der Waals surface area contributed by atoms with Crippen molar-refractivity contribution < 1.29 is 14.3 Å². The minimum absolute atomic E-state index is 0.211. The van der Waals surface area contributed by atoms with Crippen LogP contribution in [0.2, 0.25) is 0 Å². The third kappa shape index (κ3) is 7.28. The lowest BCUT2D eigenvalue weighted by Crippen LogP contribution is -2.18. The normalized spacial score (nSPS) is 12.2. The van der Waals surface area contributed by atoms with E-state index in [1.165, 1.54) is 0 Å². The number of carbonyl (C=O) groups excluding carboxylic acids is 1. The predicted molar refractivity (Wildman–Crippen MR) is 60.7 cm³/mol. The Bertz CT molecular complexity index is 203. The SMILES string of the molecule is CCOC(OCC)C(C)=CCCC(C)=O. The van der Waals surface area contributed by atoms with E-state index in [0.717, 1.165) is 12.0 Å². The highest BCUT2D eigenvalue weighted by molar-refractivity contribution is 5.75. The van der Waals surface area contributed by atoms with E-state index in [0.29, 0.717) is 19.6 Å². The molecule has 0 saturated carbocycles. The summed E-state index contributed by atoms with van der Waals surface area (Å²) in [6.45, 7) is 8.71. The second kappa shape index (κ2) is 8.62. The van der Waals surface area contributed by atoms with Crippen LogP contribution < -0.4 is 0 Å². The van der Waals surface area contributed by atoms with E-state index < -0.39 is 0 Å². The summed E-state index contributed by atoms with van der Waals surface area (Å²) in [6.07, 6.45) is 3.10. The summed E-state index contributed by atoms with van der Waals surface area (Å²) in [4.78, 5) is 10.8. The van der Waals surface area contributed by atoms with Gasteiger partial charge in [0.2, 0.25) is 0 Å². The molecule has 0 fully saturated rings. The van der Waals surface area contributed by atoms with Crippen LogP contribution in [-0.2, 0) is 14.3 Å². The van der Waals surface area contributed by atoms with E-state index in [-0.39, 0.29) is 12.1 Å². The first-order valence-corrected chi connectivity index (χ1v) is 5.51. The summed E-state index contributed by atoms with van der Waals surface area (Å²) in [5.74, 6) is 0.211. The fourth-order valence-electron chi connectivity index (χ4n) is 1.21. The van der Waals surface area contributed by atoms with Gasteiger partial charge in [-0.3, -0.25) is 0 Å². The molecule has 3 heteroatoms.